The Morgan fingerprint density at radius 3 is 2.50 bits per heavy atom. The molecule has 0 fully saturated rings. The number of rotatable bonds is 6. The quantitative estimate of drug-likeness (QED) is 0.848. The molecule has 0 aliphatic carbocycles. The summed E-state index contributed by atoms with van der Waals surface area (Å²) in [5.41, 5.74) is 0.920. The van der Waals surface area contributed by atoms with Gasteiger partial charge in [0.25, 0.3) is 0 Å². The number of anilines is 1. The average Bonchev–Trinajstić information content (AvgIpc) is 2.91. The Balaban J connectivity index is 1.80. The second-order valence-electron chi connectivity index (χ2n) is 6.81. The standard InChI is InChI=1S/C17H23N5O2/c1-17(2,3)9-14(23)20-16-19-12-22(21-16)11-15(24)18-10-13-7-5-4-6-8-13/h4-8,12H,9-11H2,1-3H3,(H,18,24)(H,20,21,23). The van der Waals surface area contributed by atoms with E-state index in [0.29, 0.717) is 13.0 Å². The number of hydrogen-bond acceptors (Lipinski definition) is 4. The van der Waals surface area contributed by atoms with Crippen molar-refractivity contribution in [3.05, 3.63) is 42.2 Å². The Bertz CT molecular complexity index is 689. The molecule has 128 valence electrons. The number of hydrogen-bond donors (Lipinski definition) is 2. The van der Waals surface area contributed by atoms with E-state index in [2.05, 4.69) is 20.7 Å². The van der Waals surface area contributed by atoms with Crippen LogP contribution in [0.5, 0.6) is 0 Å². The van der Waals surface area contributed by atoms with Crippen molar-refractivity contribution in [2.45, 2.75) is 40.3 Å². The Morgan fingerprint density at radius 1 is 1.12 bits per heavy atom. The van der Waals surface area contributed by atoms with E-state index in [9.17, 15) is 9.59 Å². The fraction of sp³-hybridized carbons (Fsp3) is 0.412. The van der Waals surface area contributed by atoms with Gasteiger partial charge >= 0.3 is 0 Å². The highest BCUT2D eigenvalue weighted by Crippen LogP contribution is 2.18. The van der Waals surface area contributed by atoms with E-state index in [1.54, 1.807) is 0 Å². The minimum absolute atomic E-state index is 0.0506. The lowest BCUT2D eigenvalue weighted by Gasteiger charge is -2.16. The molecule has 0 saturated heterocycles. The number of amides is 2. The summed E-state index contributed by atoms with van der Waals surface area (Å²) in [6, 6.07) is 9.66. The fourth-order valence-electron chi connectivity index (χ4n) is 2.08. The lowest BCUT2D eigenvalue weighted by Crippen LogP contribution is -2.27. The van der Waals surface area contributed by atoms with Gasteiger partial charge in [-0.2, -0.15) is 0 Å². The Hall–Kier alpha value is -2.70. The molecule has 1 heterocycles. The van der Waals surface area contributed by atoms with Crippen LogP contribution in [-0.4, -0.2) is 26.6 Å². The van der Waals surface area contributed by atoms with E-state index in [4.69, 9.17) is 0 Å². The van der Waals surface area contributed by atoms with E-state index in [1.165, 1.54) is 11.0 Å². The van der Waals surface area contributed by atoms with Gasteiger partial charge in [0.15, 0.2) is 0 Å². The summed E-state index contributed by atoms with van der Waals surface area (Å²) in [7, 11) is 0. The summed E-state index contributed by atoms with van der Waals surface area (Å²) >= 11 is 0. The maximum Gasteiger partial charge on any atom is 0.248 e. The monoisotopic (exact) mass is 329 g/mol. The first-order valence-electron chi connectivity index (χ1n) is 7.82. The van der Waals surface area contributed by atoms with Crippen LogP contribution in [0, 0.1) is 5.41 Å². The van der Waals surface area contributed by atoms with Gasteiger partial charge in [-0.05, 0) is 11.0 Å². The lowest BCUT2D eigenvalue weighted by atomic mass is 9.92. The summed E-state index contributed by atoms with van der Waals surface area (Å²) < 4.78 is 1.40. The van der Waals surface area contributed by atoms with E-state index in [1.807, 2.05) is 51.1 Å². The first kappa shape index (κ1) is 17.7. The largest absolute Gasteiger partial charge is 0.350 e. The lowest BCUT2D eigenvalue weighted by molar-refractivity contribution is -0.122. The average molecular weight is 329 g/mol. The van der Waals surface area contributed by atoms with Crippen LogP contribution < -0.4 is 10.6 Å². The molecule has 0 bridgehead atoms. The molecule has 2 rings (SSSR count). The second-order valence-corrected chi connectivity index (χ2v) is 6.81. The first-order valence-corrected chi connectivity index (χ1v) is 7.82. The highest BCUT2D eigenvalue weighted by Gasteiger charge is 2.17. The summed E-state index contributed by atoms with van der Waals surface area (Å²) in [5.74, 6) is -0.106. The van der Waals surface area contributed by atoms with Crippen molar-refractivity contribution in [3.8, 4) is 0 Å². The van der Waals surface area contributed by atoms with Gasteiger partial charge in [0.1, 0.15) is 12.9 Å². The zero-order valence-corrected chi connectivity index (χ0v) is 14.2. The molecule has 2 N–H and O–H groups in total. The van der Waals surface area contributed by atoms with Gasteiger partial charge in [-0.3, -0.25) is 14.9 Å². The molecule has 0 spiro atoms. The van der Waals surface area contributed by atoms with Crippen LogP contribution in [0.2, 0.25) is 0 Å². The molecular weight excluding hydrogens is 306 g/mol. The topological polar surface area (TPSA) is 88.9 Å². The zero-order chi connectivity index (χ0) is 17.6. The van der Waals surface area contributed by atoms with Gasteiger partial charge < -0.3 is 5.32 Å². The van der Waals surface area contributed by atoms with E-state index >= 15 is 0 Å². The third kappa shape index (κ3) is 6.20. The molecule has 0 atom stereocenters. The fourth-order valence-corrected chi connectivity index (χ4v) is 2.08. The molecule has 0 unspecified atom stereocenters. The van der Waals surface area contributed by atoms with Crippen molar-refractivity contribution in [1.29, 1.82) is 0 Å². The molecule has 0 saturated carbocycles. The molecular formula is C17H23N5O2. The number of aromatic nitrogens is 3. The zero-order valence-electron chi connectivity index (χ0n) is 14.2. The van der Waals surface area contributed by atoms with Crippen LogP contribution >= 0.6 is 0 Å². The first-order chi connectivity index (χ1) is 11.3. The highest BCUT2D eigenvalue weighted by molar-refractivity contribution is 5.89. The minimum Gasteiger partial charge on any atom is -0.350 e. The number of nitrogens with one attached hydrogen (secondary N) is 2. The molecule has 0 radical (unpaired) electrons. The summed E-state index contributed by atoms with van der Waals surface area (Å²) in [6.07, 6.45) is 1.80. The third-order valence-corrected chi connectivity index (χ3v) is 3.12. The summed E-state index contributed by atoms with van der Waals surface area (Å²) in [4.78, 5) is 27.8. The molecule has 7 nitrogen and oxygen atoms in total. The smallest absolute Gasteiger partial charge is 0.248 e. The normalized spacial score (nSPS) is 11.1. The molecule has 1 aromatic carbocycles. The maximum absolute atomic E-state index is 11.9. The predicted molar refractivity (Wildman–Crippen MR) is 91.0 cm³/mol. The summed E-state index contributed by atoms with van der Waals surface area (Å²) in [6.45, 7) is 6.46. The van der Waals surface area contributed by atoms with Gasteiger partial charge in [-0.15, -0.1) is 5.10 Å². The van der Waals surface area contributed by atoms with Gasteiger partial charge in [0.2, 0.25) is 17.8 Å². The van der Waals surface area contributed by atoms with Crippen LogP contribution in [0.15, 0.2) is 36.7 Å². The SMILES string of the molecule is CC(C)(C)CC(=O)Nc1ncn(CC(=O)NCc2ccccc2)n1. The molecule has 7 heteroatoms. The van der Waals surface area contributed by atoms with E-state index < -0.39 is 0 Å². The van der Waals surface area contributed by atoms with Crippen molar-refractivity contribution in [2.24, 2.45) is 5.41 Å². The third-order valence-electron chi connectivity index (χ3n) is 3.12. The number of carbonyl (C=O) groups excluding carboxylic acids is 2. The Morgan fingerprint density at radius 2 is 1.83 bits per heavy atom. The summed E-state index contributed by atoms with van der Waals surface area (Å²) in [5, 5.41) is 9.54. The van der Waals surface area contributed by atoms with Gasteiger partial charge in [-0.1, -0.05) is 51.1 Å². The Kier molecular flexibility index (Phi) is 5.68. The van der Waals surface area contributed by atoms with Crippen LogP contribution in [0.25, 0.3) is 0 Å². The molecule has 0 aliphatic heterocycles. The number of carbonyl (C=O) groups is 2. The van der Waals surface area contributed by atoms with Crippen LogP contribution in [0.1, 0.15) is 32.8 Å². The van der Waals surface area contributed by atoms with Crippen LogP contribution in [-0.2, 0) is 22.7 Å². The van der Waals surface area contributed by atoms with Crippen molar-refractivity contribution in [3.63, 3.8) is 0 Å². The highest BCUT2D eigenvalue weighted by atomic mass is 16.2. The molecule has 2 amide bonds. The van der Waals surface area contributed by atoms with Crippen molar-refractivity contribution >= 4 is 17.8 Å². The molecule has 0 aliphatic rings. The minimum atomic E-state index is -0.170. The predicted octanol–water partition coefficient (Wildman–Crippen LogP) is 1.97. The van der Waals surface area contributed by atoms with Crippen molar-refractivity contribution < 1.29 is 9.59 Å². The second kappa shape index (κ2) is 7.72. The maximum atomic E-state index is 11.9. The van der Waals surface area contributed by atoms with E-state index in [0.717, 1.165) is 5.56 Å². The van der Waals surface area contributed by atoms with Gasteiger partial charge in [0, 0.05) is 13.0 Å². The number of nitrogens with zero attached hydrogens (tertiary/aromatic N) is 3. The van der Waals surface area contributed by atoms with Gasteiger partial charge in [0.05, 0.1) is 0 Å². The Labute approximate surface area is 141 Å². The van der Waals surface area contributed by atoms with Crippen molar-refractivity contribution in [1.82, 2.24) is 20.1 Å². The molecule has 1 aromatic heterocycles. The molecule has 24 heavy (non-hydrogen) atoms. The van der Waals surface area contributed by atoms with Crippen LogP contribution in [0.4, 0.5) is 5.95 Å². The van der Waals surface area contributed by atoms with Crippen molar-refractivity contribution in [2.75, 3.05) is 5.32 Å². The van der Waals surface area contributed by atoms with E-state index in [-0.39, 0.29) is 29.7 Å². The molecule has 2 aromatic rings. The van der Waals surface area contributed by atoms with Gasteiger partial charge in [-0.25, -0.2) is 9.67 Å². The number of benzene rings is 1. The van der Waals surface area contributed by atoms with Crippen LogP contribution in [0.3, 0.4) is 0 Å².